The van der Waals surface area contributed by atoms with Gasteiger partial charge in [-0.15, -0.1) is 5.10 Å². The van der Waals surface area contributed by atoms with E-state index in [9.17, 15) is 15.0 Å². The van der Waals surface area contributed by atoms with Crippen molar-refractivity contribution in [2.24, 2.45) is 5.92 Å². The van der Waals surface area contributed by atoms with Gasteiger partial charge in [-0.25, -0.2) is 4.68 Å². The van der Waals surface area contributed by atoms with E-state index in [0.29, 0.717) is 23.9 Å². The Hall–Kier alpha value is -1.73. The average molecular weight is 306 g/mol. The van der Waals surface area contributed by atoms with Crippen LogP contribution in [0.1, 0.15) is 44.3 Å². The quantitative estimate of drug-likeness (QED) is 0.757. The minimum absolute atomic E-state index is 0.0581. The molecular formula is C15H22N4O3. The van der Waals surface area contributed by atoms with E-state index in [-0.39, 0.29) is 24.1 Å². The zero-order chi connectivity index (χ0) is 15.7. The second kappa shape index (κ2) is 6.18. The first-order chi connectivity index (χ1) is 10.6. The smallest absolute Gasteiger partial charge is 0.278 e. The molecule has 3 rings (SSSR count). The summed E-state index contributed by atoms with van der Waals surface area (Å²) in [5, 5.41) is 27.6. The fraction of sp³-hybridized carbons (Fsp3) is 0.667. The Morgan fingerprint density at radius 1 is 1.45 bits per heavy atom. The number of nitrogens with one attached hydrogen (secondary N) is 1. The molecule has 1 aliphatic rings. The molecular weight excluding hydrogens is 284 g/mol. The molecule has 120 valence electrons. The number of pyridine rings is 1. The normalized spacial score (nSPS) is 25.1. The van der Waals surface area contributed by atoms with E-state index < -0.39 is 6.10 Å². The summed E-state index contributed by atoms with van der Waals surface area (Å²) < 4.78 is 1.65. The van der Waals surface area contributed by atoms with E-state index in [2.05, 4.69) is 22.2 Å². The van der Waals surface area contributed by atoms with Crippen molar-refractivity contribution in [3.05, 3.63) is 22.1 Å². The van der Waals surface area contributed by atoms with Gasteiger partial charge in [-0.05, 0) is 37.7 Å². The number of hydrogen-bond donors (Lipinski definition) is 3. The molecule has 3 atom stereocenters. The van der Waals surface area contributed by atoms with Crippen molar-refractivity contribution in [1.29, 1.82) is 0 Å². The van der Waals surface area contributed by atoms with Crippen LogP contribution >= 0.6 is 0 Å². The van der Waals surface area contributed by atoms with Gasteiger partial charge in [-0.3, -0.25) is 4.79 Å². The topological polar surface area (TPSA) is 104 Å². The monoisotopic (exact) mass is 306 g/mol. The molecule has 1 aliphatic carbocycles. The first kappa shape index (κ1) is 15.2. The van der Waals surface area contributed by atoms with Crippen molar-refractivity contribution in [3.63, 3.8) is 0 Å². The van der Waals surface area contributed by atoms with Gasteiger partial charge >= 0.3 is 0 Å². The summed E-state index contributed by atoms with van der Waals surface area (Å²) in [5.74, 6) is 0.0702. The lowest BCUT2D eigenvalue weighted by molar-refractivity contribution is 0.127. The van der Waals surface area contributed by atoms with Crippen LogP contribution in [0.2, 0.25) is 0 Å². The number of H-pyrrole nitrogens is 1. The van der Waals surface area contributed by atoms with Gasteiger partial charge in [0.15, 0.2) is 5.52 Å². The third kappa shape index (κ3) is 2.66. The maximum Gasteiger partial charge on any atom is 0.278 e. The van der Waals surface area contributed by atoms with E-state index >= 15 is 0 Å². The van der Waals surface area contributed by atoms with Gasteiger partial charge < -0.3 is 15.2 Å². The number of fused-ring (bicyclic) bond motifs is 1. The summed E-state index contributed by atoms with van der Waals surface area (Å²) in [6.07, 6.45) is 3.49. The molecule has 0 aliphatic heterocycles. The number of rotatable bonds is 5. The summed E-state index contributed by atoms with van der Waals surface area (Å²) in [7, 11) is 0. The van der Waals surface area contributed by atoms with Crippen molar-refractivity contribution in [3.8, 4) is 0 Å². The Labute approximate surface area is 128 Å². The average Bonchev–Trinajstić information content (AvgIpc) is 3.08. The van der Waals surface area contributed by atoms with Crippen LogP contribution in [0.15, 0.2) is 10.9 Å². The fourth-order valence-corrected chi connectivity index (χ4v) is 3.26. The summed E-state index contributed by atoms with van der Waals surface area (Å²) >= 11 is 0. The van der Waals surface area contributed by atoms with E-state index in [1.165, 1.54) is 0 Å². The molecule has 2 heterocycles. The lowest BCUT2D eigenvalue weighted by Crippen LogP contribution is -2.20. The van der Waals surface area contributed by atoms with Crippen LogP contribution in [0.25, 0.3) is 11.0 Å². The number of aliphatic hydroxyl groups is 2. The molecule has 0 radical (unpaired) electrons. The molecule has 7 nitrogen and oxygen atoms in total. The summed E-state index contributed by atoms with van der Waals surface area (Å²) in [4.78, 5) is 15.0. The van der Waals surface area contributed by atoms with E-state index in [1.54, 1.807) is 4.68 Å². The SMILES string of the molecule is CCCCc1cc2c(nnn2C2CC(CO)CC2O)c(=O)[nH]1. The van der Waals surface area contributed by atoms with Crippen LogP contribution in [0.5, 0.6) is 0 Å². The summed E-state index contributed by atoms with van der Waals surface area (Å²) in [6, 6.07) is 1.67. The Morgan fingerprint density at radius 2 is 2.27 bits per heavy atom. The van der Waals surface area contributed by atoms with Crippen molar-refractivity contribution in [2.75, 3.05) is 6.61 Å². The van der Waals surface area contributed by atoms with Crippen molar-refractivity contribution >= 4 is 11.0 Å². The van der Waals surface area contributed by atoms with Crippen LogP contribution in [0.3, 0.4) is 0 Å². The van der Waals surface area contributed by atoms with Crippen LogP contribution in [0, 0.1) is 5.92 Å². The first-order valence-corrected chi connectivity index (χ1v) is 7.90. The second-order valence-corrected chi connectivity index (χ2v) is 6.15. The van der Waals surface area contributed by atoms with Gasteiger partial charge in [0.2, 0.25) is 0 Å². The maximum atomic E-state index is 12.1. The standard InChI is InChI=1S/C15H22N4O3/c1-2-3-4-10-7-12-14(15(22)16-10)17-18-19(12)11-5-9(8-20)6-13(11)21/h7,9,11,13,20-21H,2-6,8H2,1H3,(H,16,22). The minimum atomic E-state index is -0.569. The number of nitrogens with zero attached hydrogens (tertiary/aromatic N) is 3. The number of unbranched alkanes of at least 4 members (excludes halogenated alkanes) is 1. The number of aromatic nitrogens is 4. The number of aromatic amines is 1. The Bertz CT molecular complexity index is 708. The lowest BCUT2D eigenvalue weighted by atomic mass is 10.1. The predicted molar refractivity (Wildman–Crippen MR) is 81.6 cm³/mol. The third-order valence-corrected chi connectivity index (χ3v) is 4.50. The van der Waals surface area contributed by atoms with Crippen LogP contribution in [0.4, 0.5) is 0 Å². The molecule has 3 unspecified atom stereocenters. The maximum absolute atomic E-state index is 12.1. The highest BCUT2D eigenvalue weighted by atomic mass is 16.3. The molecule has 2 aromatic heterocycles. The Morgan fingerprint density at radius 3 is 2.95 bits per heavy atom. The van der Waals surface area contributed by atoms with E-state index in [1.807, 2.05) is 6.07 Å². The summed E-state index contributed by atoms with van der Waals surface area (Å²) in [6.45, 7) is 2.16. The van der Waals surface area contributed by atoms with E-state index in [0.717, 1.165) is 25.0 Å². The number of hydrogen-bond acceptors (Lipinski definition) is 5. The Kier molecular flexibility index (Phi) is 4.26. The molecule has 0 saturated heterocycles. The van der Waals surface area contributed by atoms with E-state index in [4.69, 9.17) is 0 Å². The molecule has 7 heteroatoms. The highest BCUT2D eigenvalue weighted by molar-refractivity contribution is 5.73. The molecule has 2 aromatic rings. The molecule has 1 fully saturated rings. The zero-order valence-electron chi connectivity index (χ0n) is 12.7. The van der Waals surface area contributed by atoms with Gasteiger partial charge in [0.1, 0.15) is 0 Å². The summed E-state index contributed by atoms with van der Waals surface area (Å²) in [5.41, 5.74) is 1.60. The fourth-order valence-electron chi connectivity index (χ4n) is 3.26. The molecule has 0 bridgehead atoms. The third-order valence-electron chi connectivity index (χ3n) is 4.50. The lowest BCUT2D eigenvalue weighted by Gasteiger charge is -2.15. The van der Waals surface area contributed by atoms with Crippen LogP contribution < -0.4 is 5.56 Å². The largest absolute Gasteiger partial charge is 0.396 e. The molecule has 0 spiro atoms. The molecule has 22 heavy (non-hydrogen) atoms. The van der Waals surface area contributed by atoms with Crippen LogP contribution in [-0.2, 0) is 6.42 Å². The van der Waals surface area contributed by atoms with Gasteiger partial charge in [0.25, 0.3) is 5.56 Å². The van der Waals surface area contributed by atoms with Gasteiger partial charge in [-0.2, -0.15) is 0 Å². The highest BCUT2D eigenvalue weighted by Crippen LogP contribution is 2.35. The minimum Gasteiger partial charge on any atom is -0.396 e. The molecule has 0 aromatic carbocycles. The molecule has 1 saturated carbocycles. The zero-order valence-corrected chi connectivity index (χ0v) is 12.7. The number of aryl methyl sites for hydroxylation is 1. The highest BCUT2D eigenvalue weighted by Gasteiger charge is 2.35. The van der Waals surface area contributed by atoms with Crippen LogP contribution in [-0.4, -0.2) is 42.9 Å². The van der Waals surface area contributed by atoms with Gasteiger partial charge in [0, 0.05) is 12.3 Å². The van der Waals surface area contributed by atoms with Crippen molar-refractivity contribution < 1.29 is 10.2 Å². The predicted octanol–water partition coefficient (Wildman–Crippen LogP) is 0.766. The van der Waals surface area contributed by atoms with Crippen molar-refractivity contribution in [2.45, 2.75) is 51.2 Å². The number of aliphatic hydroxyl groups excluding tert-OH is 2. The van der Waals surface area contributed by atoms with Gasteiger partial charge in [-0.1, -0.05) is 18.6 Å². The second-order valence-electron chi connectivity index (χ2n) is 6.15. The molecule has 0 amide bonds. The Balaban J connectivity index is 2.00. The first-order valence-electron chi connectivity index (χ1n) is 7.90. The molecule has 3 N–H and O–H groups in total. The van der Waals surface area contributed by atoms with Crippen molar-refractivity contribution in [1.82, 2.24) is 20.0 Å². The van der Waals surface area contributed by atoms with Gasteiger partial charge in [0.05, 0.1) is 17.7 Å².